The van der Waals surface area contributed by atoms with Crippen molar-refractivity contribution >= 4 is 0 Å². The summed E-state index contributed by atoms with van der Waals surface area (Å²) in [5.41, 5.74) is 0.450. The van der Waals surface area contributed by atoms with Gasteiger partial charge in [0.2, 0.25) is 0 Å². The fourth-order valence-corrected chi connectivity index (χ4v) is 3.10. The Morgan fingerprint density at radius 2 is 1.82 bits per heavy atom. The van der Waals surface area contributed by atoms with E-state index in [-0.39, 0.29) is 6.10 Å². The fourth-order valence-electron chi connectivity index (χ4n) is 3.10. The third-order valence-corrected chi connectivity index (χ3v) is 4.66. The van der Waals surface area contributed by atoms with Gasteiger partial charge in [0, 0.05) is 6.54 Å². The number of likely N-dealkylation sites (tertiary alicyclic amines) is 1. The first kappa shape index (κ1) is 13.4. The quantitative estimate of drug-likeness (QED) is 0.818. The molecule has 1 aliphatic carbocycles. The third kappa shape index (κ3) is 3.96. The molecule has 0 aromatic rings. The van der Waals surface area contributed by atoms with E-state index in [2.05, 4.69) is 25.7 Å². The average Bonchev–Trinajstić information content (AvgIpc) is 3.03. The number of nitrogens with zero attached hydrogens (tertiary/aromatic N) is 1. The van der Waals surface area contributed by atoms with Gasteiger partial charge in [-0.25, -0.2) is 0 Å². The van der Waals surface area contributed by atoms with E-state index in [1.54, 1.807) is 0 Å². The van der Waals surface area contributed by atoms with Crippen molar-refractivity contribution in [3.63, 3.8) is 0 Å². The third-order valence-electron chi connectivity index (χ3n) is 4.66. The summed E-state index contributed by atoms with van der Waals surface area (Å²) >= 11 is 0. The molecular weight excluding hydrogens is 210 g/mol. The minimum absolute atomic E-state index is 0.0545. The first-order valence-corrected chi connectivity index (χ1v) is 7.37. The summed E-state index contributed by atoms with van der Waals surface area (Å²) in [5.74, 6) is 1.47. The lowest BCUT2D eigenvalue weighted by Gasteiger charge is -2.30. The lowest BCUT2D eigenvalue weighted by Crippen LogP contribution is -2.34. The molecule has 2 atom stereocenters. The van der Waals surface area contributed by atoms with Crippen LogP contribution in [-0.4, -0.2) is 35.7 Å². The lowest BCUT2D eigenvalue weighted by molar-refractivity contribution is 0.0948. The second-order valence-corrected chi connectivity index (χ2v) is 7.20. The molecule has 0 amide bonds. The van der Waals surface area contributed by atoms with Gasteiger partial charge in [0.1, 0.15) is 0 Å². The molecule has 17 heavy (non-hydrogen) atoms. The van der Waals surface area contributed by atoms with Gasteiger partial charge in [-0.15, -0.1) is 0 Å². The van der Waals surface area contributed by atoms with Crippen LogP contribution >= 0.6 is 0 Å². The normalized spacial score (nSPS) is 30.0. The number of hydrogen-bond donors (Lipinski definition) is 1. The minimum atomic E-state index is -0.0545. The van der Waals surface area contributed by atoms with Crippen LogP contribution in [0.1, 0.15) is 52.9 Å². The van der Waals surface area contributed by atoms with Crippen molar-refractivity contribution in [3.05, 3.63) is 0 Å². The van der Waals surface area contributed by atoms with Crippen molar-refractivity contribution < 1.29 is 5.11 Å². The van der Waals surface area contributed by atoms with Crippen LogP contribution in [0.4, 0.5) is 0 Å². The Balaban J connectivity index is 1.78. The van der Waals surface area contributed by atoms with Gasteiger partial charge in [-0.1, -0.05) is 20.8 Å². The Morgan fingerprint density at radius 1 is 1.12 bits per heavy atom. The van der Waals surface area contributed by atoms with E-state index < -0.39 is 0 Å². The molecule has 2 unspecified atom stereocenters. The molecule has 0 aromatic carbocycles. The molecule has 0 bridgehead atoms. The molecule has 2 aliphatic rings. The predicted molar refractivity (Wildman–Crippen MR) is 72.0 cm³/mol. The van der Waals surface area contributed by atoms with Crippen LogP contribution in [0.2, 0.25) is 0 Å². The molecule has 1 saturated heterocycles. The Morgan fingerprint density at radius 3 is 2.41 bits per heavy atom. The van der Waals surface area contributed by atoms with Crippen LogP contribution in [0, 0.1) is 17.3 Å². The molecule has 100 valence electrons. The largest absolute Gasteiger partial charge is 0.392 e. The molecule has 1 N–H and O–H groups in total. The topological polar surface area (TPSA) is 23.5 Å². The molecule has 1 aliphatic heterocycles. The SMILES string of the molecule is CC(C)(C)C1CCCN(CC(O)C2CC2)CC1. The highest BCUT2D eigenvalue weighted by molar-refractivity contribution is 4.85. The number of hydrogen-bond acceptors (Lipinski definition) is 2. The molecule has 2 fully saturated rings. The van der Waals surface area contributed by atoms with Crippen molar-refractivity contribution in [2.75, 3.05) is 19.6 Å². The highest BCUT2D eigenvalue weighted by Gasteiger charge is 2.32. The summed E-state index contributed by atoms with van der Waals surface area (Å²) in [7, 11) is 0. The average molecular weight is 239 g/mol. The lowest BCUT2D eigenvalue weighted by atomic mass is 9.77. The van der Waals surface area contributed by atoms with E-state index in [1.807, 2.05) is 0 Å². The zero-order chi connectivity index (χ0) is 12.5. The van der Waals surface area contributed by atoms with Crippen LogP contribution in [0.25, 0.3) is 0 Å². The van der Waals surface area contributed by atoms with Crippen molar-refractivity contribution in [1.82, 2.24) is 4.90 Å². The second kappa shape index (κ2) is 5.27. The fraction of sp³-hybridized carbons (Fsp3) is 1.00. The predicted octanol–water partition coefficient (Wildman–Crippen LogP) is 2.91. The van der Waals surface area contributed by atoms with Gasteiger partial charge in [-0.2, -0.15) is 0 Å². The standard InChI is InChI=1S/C15H29NO/c1-15(2,3)13-5-4-9-16(10-8-13)11-14(17)12-6-7-12/h12-14,17H,4-11H2,1-3H3. The summed E-state index contributed by atoms with van der Waals surface area (Å²) in [4.78, 5) is 2.49. The molecular formula is C15H29NO. The van der Waals surface area contributed by atoms with Gasteiger partial charge in [0.15, 0.2) is 0 Å². The molecule has 0 aromatic heterocycles. The molecule has 2 nitrogen and oxygen atoms in total. The molecule has 2 heteroatoms. The number of rotatable bonds is 3. The van der Waals surface area contributed by atoms with E-state index in [9.17, 15) is 5.11 Å². The van der Waals surface area contributed by atoms with Crippen molar-refractivity contribution in [1.29, 1.82) is 0 Å². The smallest absolute Gasteiger partial charge is 0.0695 e. The van der Waals surface area contributed by atoms with Gasteiger partial charge in [-0.3, -0.25) is 0 Å². The maximum Gasteiger partial charge on any atom is 0.0695 e. The van der Waals surface area contributed by atoms with Crippen LogP contribution < -0.4 is 0 Å². The first-order chi connectivity index (χ1) is 7.97. The monoisotopic (exact) mass is 239 g/mol. The van der Waals surface area contributed by atoms with E-state index in [0.717, 1.165) is 12.5 Å². The summed E-state index contributed by atoms with van der Waals surface area (Å²) in [6.45, 7) is 10.4. The Hall–Kier alpha value is -0.0800. The maximum atomic E-state index is 10.0. The second-order valence-electron chi connectivity index (χ2n) is 7.20. The van der Waals surface area contributed by atoms with Gasteiger partial charge >= 0.3 is 0 Å². The maximum absolute atomic E-state index is 10.0. The highest BCUT2D eigenvalue weighted by atomic mass is 16.3. The van der Waals surface area contributed by atoms with Crippen molar-refractivity contribution in [3.8, 4) is 0 Å². The van der Waals surface area contributed by atoms with Crippen LogP contribution in [-0.2, 0) is 0 Å². The molecule has 1 saturated carbocycles. The van der Waals surface area contributed by atoms with Crippen LogP contribution in [0.5, 0.6) is 0 Å². The number of aliphatic hydroxyl groups excluding tert-OH is 1. The molecule has 2 rings (SSSR count). The number of β-amino-alcohol motifs (C(OH)–C–C–N with tert-alkyl or cyclic N) is 1. The zero-order valence-electron chi connectivity index (χ0n) is 11.8. The minimum Gasteiger partial charge on any atom is -0.392 e. The van der Waals surface area contributed by atoms with E-state index in [4.69, 9.17) is 0 Å². The van der Waals surface area contributed by atoms with Crippen molar-refractivity contribution in [2.24, 2.45) is 17.3 Å². The van der Waals surface area contributed by atoms with Crippen LogP contribution in [0.3, 0.4) is 0 Å². The molecule has 0 radical (unpaired) electrons. The summed E-state index contributed by atoms with van der Waals surface area (Å²) in [6.07, 6.45) is 6.42. The first-order valence-electron chi connectivity index (χ1n) is 7.37. The molecule has 1 heterocycles. The Kier molecular flexibility index (Phi) is 4.14. The van der Waals surface area contributed by atoms with E-state index in [0.29, 0.717) is 11.3 Å². The summed E-state index contributed by atoms with van der Waals surface area (Å²) < 4.78 is 0. The molecule has 0 spiro atoms. The van der Waals surface area contributed by atoms with Crippen molar-refractivity contribution in [2.45, 2.75) is 59.0 Å². The number of aliphatic hydroxyl groups is 1. The zero-order valence-corrected chi connectivity index (χ0v) is 11.8. The van der Waals surface area contributed by atoms with Gasteiger partial charge < -0.3 is 10.0 Å². The van der Waals surface area contributed by atoms with Crippen LogP contribution in [0.15, 0.2) is 0 Å². The highest BCUT2D eigenvalue weighted by Crippen LogP contribution is 2.35. The Labute approximate surface area is 106 Å². The van der Waals surface area contributed by atoms with Gasteiger partial charge in [0.05, 0.1) is 6.10 Å². The Bertz CT molecular complexity index is 242. The van der Waals surface area contributed by atoms with E-state index in [1.165, 1.54) is 45.2 Å². The summed E-state index contributed by atoms with van der Waals surface area (Å²) in [6, 6.07) is 0. The van der Waals surface area contributed by atoms with Gasteiger partial charge in [0.25, 0.3) is 0 Å². The summed E-state index contributed by atoms with van der Waals surface area (Å²) in [5, 5.41) is 10.0. The van der Waals surface area contributed by atoms with E-state index >= 15 is 0 Å². The van der Waals surface area contributed by atoms with Gasteiger partial charge in [-0.05, 0) is 62.4 Å².